The van der Waals surface area contributed by atoms with Gasteiger partial charge in [0.1, 0.15) is 0 Å². The summed E-state index contributed by atoms with van der Waals surface area (Å²) in [5, 5.41) is 0. The van der Waals surface area contributed by atoms with E-state index in [-0.39, 0.29) is 5.97 Å². The highest BCUT2D eigenvalue weighted by atomic mass is 16.5. The number of rotatable bonds is 4. The van der Waals surface area contributed by atoms with Crippen molar-refractivity contribution in [1.82, 2.24) is 9.97 Å². The minimum atomic E-state index is -0.361. The highest BCUT2D eigenvalue weighted by Gasteiger charge is 2.12. The predicted molar refractivity (Wildman–Crippen MR) is 70.7 cm³/mol. The van der Waals surface area contributed by atoms with Gasteiger partial charge < -0.3 is 14.4 Å². The Morgan fingerprint density at radius 2 is 2.11 bits per heavy atom. The molecule has 0 spiro atoms. The van der Waals surface area contributed by atoms with Gasteiger partial charge in [0.25, 0.3) is 0 Å². The number of esters is 1. The van der Waals surface area contributed by atoms with E-state index >= 15 is 0 Å². The Morgan fingerprint density at radius 3 is 2.74 bits per heavy atom. The second kappa shape index (κ2) is 6.84. The van der Waals surface area contributed by atoms with Crippen LogP contribution in [0.2, 0.25) is 0 Å². The van der Waals surface area contributed by atoms with Gasteiger partial charge >= 0.3 is 5.97 Å². The van der Waals surface area contributed by atoms with Crippen LogP contribution in [0.1, 0.15) is 12.5 Å². The van der Waals surface area contributed by atoms with Crippen molar-refractivity contribution in [3.05, 3.63) is 24.0 Å². The van der Waals surface area contributed by atoms with E-state index in [2.05, 4.69) is 14.9 Å². The first kappa shape index (κ1) is 13.5. The van der Waals surface area contributed by atoms with Crippen LogP contribution in [0.25, 0.3) is 6.08 Å². The smallest absolute Gasteiger partial charge is 0.330 e. The van der Waals surface area contributed by atoms with E-state index in [0.29, 0.717) is 25.8 Å². The van der Waals surface area contributed by atoms with Gasteiger partial charge in [0.05, 0.1) is 19.8 Å². The molecule has 19 heavy (non-hydrogen) atoms. The number of ether oxygens (including phenoxy) is 2. The number of aromatic nitrogens is 2. The number of carbonyl (C=O) groups is 1. The third-order valence-electron chi connectivity index (χ3n) is 2.65. The van der Waals surface area contributed by atoms with Crippen LogP contribution >= 0.6 is 0 Å². The lowest BCUT2D eigenvalue weighted by Crippen LogP contribution is -2.37. The van der Waals surface area contributed by atoms with Crippen molar-refractivity contribution in [3.63, 3.8) is 0 Å². The molecule has 2 rings (SSSR count). The molecule has 0 N–H and O–H groups in total. The number of hydrogen-bond donors (Lipinski definition) is 0. The molecule has 1 aliphatic heterocycles. The summed E-state index contributed by atoms with van der Waals surface area (Å²) >= 11 is 0. The zero-order chi connectivity index (χ0) is 13.5. The first-order valence-corrected chi connectivity index (χ1v) is 6.29. The molecule has 0 aliphatic carbocycles. The Morgan fingerprint density at radius 1 is 1.42 bits per heavy atom. The molecule has 0 atom stereocenters. The lowest BCUT2D eigenvalue weighted by atomic mass is 10.3. The topological polar surface area (TPSA) is 64.5 Å². The van der Waals surface area contributed by atoms with Crippen molar-refractivity contribution in [2.75, 3.05) is 37.8 Å². The molecule has 0 bridgehead atoms. The molecule has 2 heterocycles. The van der Waals surface area contributed by atoms with E-state index in [1.807, 2.05) is 0 Å². The van der Waals surface area contributed by atoms with E-state index < -0.39 is 0 Å². The molecule has 6 heteroatoms. The molecule has 1 aliphatic rings. The first-order chi connectivity index (χ1) is 9.29. The monoisotopic (exact) mass is 263 g/mol. The molecular formula is C13H17N3O3. The molecule has 1 aromatic rings. The summed E-state index contributed by atoms with van der Waals surface area (Å²) in [6.07, 6.45) is 6.39. The van der Waals surface area contributed by atoms with Gasteiger partial charge in [-0.2, -0.15) is 0 Å². The van der Waals surface area contributed by atoms with E-state index in [1.54, 1.807) is 25.4 Å². The number of carbonyl (C=O) groups excluding carboxylic acids is 1. The Hall–Kier alpha value is -1.95. The number of hydrogen-bond acceptors (Lipinski definition) is 6. The second-order valence-electron chi connectivity index (χ2n) is 4.00. The number of morpholine rings is 1. The molecule has 0 amide bonds. The molecule has 1 aromatic heterocycles. The van der Waals surface area contributed by atoms with Gasteiger partial charge in [-0.05, 0) is 13.0 Å². The minimum absolute atomic E-state index is 0.361. The van der Waals surface area contributed by atoms with Crippen LogP contribution in [0.15, 0.2) is 18.5 Å². The van der Waals surface area contributed by atoms with Crippen LogP contribution in [-0.4, -0.2) is 48.8 Å². The summed E-state index contributed by atoms with van der Waals surface area (Å²) in [6, 6.07) is 0. The lowest BCUT2D eigenvalue weighted by Gasteiger charge is -2.26. The van der Waals surface area contributed by atoms with Gasteiger partial charge in [0.15, 0.2) is 0 Å². The third-order valence-corrected chi connectivity index (χ3v) is 2.65. The van der Waals surface area contributed by atoms with Crippen LogP contribution in [0, 0.1) is 0 Å². The summed E-state index contributed by atoms with van der Waals surface area (Å²) < 4.78 is 10.1. The number of anilines is 1. The average Bonchev–Trinajstić information content (AvgIpc) is 2.47. The van der Waals surface area contributed by atoms with Crippen molar-refractivity contribution in [1.29, 1.82) is 0 Å². The van der Waals surface area contributed by atoms with Crippen molar-refractivity contribution >= 4 is 18.0 Å². The van der Waals surface area contributed by atoms with Crippen molar-refractivity contribution in [3.8, 4) is 0 Å². The van der Waals surface area contributed by atoms with Crippen molar-refractivity contribution in [2.45, 2.75) is 6.92 Å². The van der Waals surface area contributed by atoms with E-state index in [4.69, 9.17) is 9.47 Å². The zero-order valence-electron chi connectivity index (χ0n) is 10.9. The maximum Gasteiger partial charge on any atom is 0.330 e. The average molecular weight is 263 g/mol. The van der Waals surface area contributed by atoms with Gasteiger partial charge in [-0.1, -0.05) is 0 Å². The normalized spacial score (nSPS) is 15.7. The molecule has 0 radical (unpaired) electrons. The largest absolute Gasteiger partial charge is 0.463 e. The minimum Gasteiger partial charge on any atom is -0.463 e. The van der Waals surface area contributed by atoms with E-state index in [0.717, 1.165) is 18.7 Å². The third kappa shape index (κ3) is 4.03. The van der Waals surface area contributed by atoms with Gasteiger partial charge in [0.2, 0.25) is 5.95 Å². The summed E-state index contributed by atoms with van der Waals surface area (Å²) in [6.45, 7) is 5.15. The molecule has 102 valence electrons. The van der Waals surface area contributed by atoms with Crippen LogP contribution in [-0.2, 0) is 14.3 Å². The Balaban J connectivity index is 1.96. The molecule has 0 unspecified atom stereocenters. The van der Waals surface area contributed by atoms with E-state index in [1.165, 1.54) is 6.08 Å². The van der Waals surface area contributed by atoms with Crippen LogP contribution in [0.3, 0.4) is 0 Å². The summed E-state index contributed by atoms with van der Waals surface area (Å²) in [5.74, 6) is 0.330. The van der Waals surface area contributed by atoms with Gasteiger partial charge in [-0.25, -0.2) is 14.8 Å². The number of nitrogens with zero attached hydrogens (tertiary/aromatic N) is 3. The standard InChI is InChI=1S/C13H17N3O3/c1-2-19-12(17)4-3-11-9-14-13(15-10-11)16-5-7-18-8-6-16/h3-4,9-10H,2,5-8H2,1H3. The fourth-order valence-electron chi connectivity index (χ4n) is 1.70. The highest BCUT2D eigenvalue weighted by Crippen LogP contribution is 2.10. The van der Waals surface area contributed by atoms with Crippen LogP contribution < -0.4 is 4.90 Å². The van der Waals surface area contributed by atoms with Crippen LogP contribution in [0.4, 0.5) is 5.95 Å². The quantitative estimate of drug-likeness (QED) is 0.594. The Kier molecular flexibility index (Phi) is 4.85. The molecule has 0 aromatic carbocycles. The molecule has 1 saturated heterocycles. The van der Waals surface area contributed by atoms with Crippen LogP contribution in [0.5, 0.6) is 0 Å². The predicted octanol–water partition coefficient (Wildman–Crippen LogP) is 0.889. The van der Waals surface area contributed by atoms with Gasteiger partial charge in [-0.15, -0.1) is 0 Å². The fourth-order valence-corrected chi connectivity index (χ4v) is 1.70. The molecule has 6 nitrogen and oxygen atoms in total. The van der Waals surface area contributed by atoms with Crippen molar-refractivity contribution < 1.29 is 14.3 Å². The second-order valence-corrected chi connectivity index (χ2v) is 4.00. The maximum absolute atomic E-state index is 11.2. The Labute approximate surface area is 112 Å². The summed E-state index contributed by atoms with van der Waals surface area (Å²) in [4.78, 5) is 21.8. The molecule has 1 fully saturated rings. The van der Waals surface area contributed by atoms with Crippen molar-refractivity contribution in [2.24, 2.45) is 0 Å². The summed E-state index contributed by atoms with van der Waals surface area (Å²) in [7, 11) is 0. The van der Waals surface area contributed by atoms with Gasteiger partial charge in [0, 0.05) is 37.1 Å². The first-order valence-electron chi connectivity index (χ1n) is 6.29. The fraction of sp³-hybridized carbons (Fsp3) is 0.462. The molecule has 0 saturated carbocycles. The molecular weight excluding hydrogens is 246 g/mol. The highest BCUT2D eigenvalue weighted by molar-refractivity contribution is 5.86. The maximum atomic E-state index is 11.2. The zero-order valence-corrected chi connectivity index (χ0v) is 10.9. The summed E-state index contributed by atoms with van der Waals surface area (Å²) in [5.41, 5.74) is 0.769. The van der Waals surface area contributed by atoms with Gasteiger partial charge in [-0.3, -0.25) is 0 Å². The SMILES string of the molecule is CCOC(=O)C=Cc1cnc(N2CCOCC2)nc1. The lowest BCUT2D eigenvalue weighted by molar-refractivity contribution is -0.137. The van der Waals surface area contributed by atoms with E-state index in [9.17, 15) is 4.79 Å². The Bertz CT molecular complexity index is 439.